The van der Waals surface area contributed by atoms with Crippen LogP contribution < -0.4 is 10.6 Å². The second-order valence-corrected chi connectivity index (χ2v) is 9.20. The summed E-state index contributed by atoms with van der Waals surface area (Å²) in [4.78, 5) is 13.7. The van der Waals surface area contributed by atoms with Crippen LogP contribution in [0.15, 0.2) is 40.8 Å². The first-order valence-electron chi connectivity index (χ1n) is 9.47. The Morgan fingerprint density at radius 2 is 2.07 bits per heavy atom. The maximum atomic E-state index is 12.5. The Kier molecular flexibility index (Phi) is 5.91. The molecule has 152 valence electrons. The highest BCUT2D eigenvalue weighted by molar-refractivity contribution is 7.80. The summed E-state index contributed by atoms with van der Waals surface area (Å²) < 4.78 is 5.65. The van der Waals surface area contributed by atoms with E-state index in [4.69, 9.17) is 28.2 Å². The predicted octanol–water partition coefficient (Wildman–Crippen LogP) is 5.78. The van der Waals surface area contributed by atoms with E-state index in [0.717, 1.165) is 30.4 Å². The normalized spacial score (nSPS) is 15.2. The van der Waals surface area contributed by atoms with Gasteiger partial charge in [0.05, 0.1) is 5.56 Å². The van der Waals surface area contributed by atoms with Gasteiger partial charge in [0.25, 0.3) is 5.91 Å². The number of nitrogens with zero attached hydrogens (tertiary/aromatic N) is 1. The Hall–Kier alpha value is -2.66. The van der Waals surface area contributed by atoms with Gasteiger partial charge in [0.2, 0.25) is 0 Å². The molecule has 2 aromatic heterocycles. The van der Waals surface area contributed by atoms with Gasteiger partial charge in [-0.3, -0.25) is 10.1 Å². The maximum absolute atomic E-state index is 12.5. The smallest absolute Gasteiger partial charge is 0.293 e. The molecule has 2 heterocycles. The van der Waals surface area contributed by atoms with Gasteiger partial charge in [-0.15, -0.1) is 11.3 Å². The van der Waals surface area contributed by atoms with Gasteiger partial charge in [0.15, 0.2) is 10.9 Å². The molecule has 30 heavy (non-hydrogen) atoms. The fourth-order valence-electron chi connectivity index (χ4n) is 3.49. The average molecular weight is 456 g/mol. The fourth-order valence-corrected chi connectivity index (χ4v) is 5.24. The van der Waals surface area contributed by atoms with Crippen LogP contribution in [0, 0.1) is 17.2 Å². The number of rotatable bonds is 3. The number of thiocarbonyl (C=S) groups is 1. The molecule has 1 aliphatic rings. The Morgan fingerprint density at radius 3 is 2.80 bits per heavy atom. The third-order valence-corrected chi connectivity index (χ3v) is 6.66. The number of hydrogen-bond acceptors (Lipinski definition) is 5. The molecular weight excluding hydrogens is 438 g/mol. The molecule has 1 amide bonds. The number of furan rings is 1. The third kappa shape index (κ3) is 4.26. The van der Waals surface area contributed by atoms with E-state index in [1.165, 1.54) is 16.2 Å². The third-order valence-electron chi connectivity index (χ3n) is 5.04. The number of anilines is 1. The highest BCUT2D eigenvalue weighted by Crippen LogP contribution is 2.39. The van der Waals surface area contributed by atoms with E-state index in [0.29, 0.717) is 27.3 Å². The Labute approximate surface area is 188 Å². The topological polar surface area (TPSA) is 78.1 Å². The predicted molar refractivity (Wildman–Crippen MR) is 123 cm³/mol. The molecule has 0 radical (unpaired) electrons. The van der Waals surface area contributed by atoms with E-state index < -0.39 is 5.91 Å². The van der Waals surface area contributed by atoms with Gasteiger partial charge in [-0.1, -0.05) is 18.5 Å². The van der Waals surface area contributed by atoms with Crippen molar-refractivity contribution in [2.24, 2.45) is 5.92 Å². The first kappa shape index (κ1) is 20.6. The van der Waals surface area contributed by atoms with Crippen molar-refractivity contribution < 1.29 is 9.21 Å². The quantitative estimate of drug-likeness (QED) is 0.489. The van der Waals surface area contributed by atoms with E-state index in [2.05, 4.69) is 23.6 Å². The second kappa shape index (κ2) is 8.60. The van der Waals surface area contributed by atoms with Crippen LogP contribution in [0.4, 0.5) is 5.00 Å². The Balaban J connectivity index is 1.44. The number of carbonyl (C=O) groups is 1. The molecule has 1 aromatic carbocycles. The van der Waals surface area contributed by atoms with Crippen molar-refractivity contribution in [1.29, 1.82) is 5.26 Å². The molecule has 3 aromatic rings. The van der Waals surface area contributed by atoms with Crippen molar-refractivity contribution >= 4 is 51.2 Å². The standard InChI is InChI=1S/C22H18ClN3O2S2/c1-12-2-7-15-16(11-24)21(30-19(15)10-12)26-22(29)25-20(27)18-9-8-17(28-18)13-3-5-14(23)6-4-13/h3-6,8-9,12H,2,7,10H2,1H3,(H2,25,26,27,29)/t12-/m1/s1. The van der Waals surface area contributed by atoms with Crippen molar-refractivity contribution in [1.82, 2.24) is 5.32 Å². The molecule has 4 rings (SSSR count). The summed E-state index contributed by atoms with van der Waals surface area (Å²) in [5, 5.41) is 16.7. The lowest BCUT2D eigenvalue weighted by Gasteiger charge is -2.17. The van der Waals surface area contributed by atoms with Gasteiger partial charge in [0.1, 0.15) is 16.8 Å². The molecule has 2 N–H and O–H groups in total. The van der Waals surface area contributed by atoms with Crippen LogP contribution in [0.5, 0.6) is 0 Å². The van der Waals surface area contributed by atoms with Crippen molar-refractivity contribution in [2.75, 3.05) is 5.32 Å². The Bertz CT molecular complexity index is 1160. The van der Waals surface area contributed by atoms with E-state index in [1.54, 1.807) is 24.3 Å². The number of carbonyl (C=O) groups excluding carboxylic acids is 1. The van der Waals surface area contributed by atoms with Crippen molar-refractivity contribution in [3.05, 3.63) is 63.2 Å². The minimum Gasteiger partial charge on any atom is -0.451 e. The van der Waals surface area contributed by atoms with Gasteiger partial charge in [0, 0.05) is 15.5 Å². The number of nitrogens with one attached hydrogen (secondary N) is 2. The van der Waals surface area contributed by atoms with Gasteiger partial charge in [-0.25, -0.2) is 0 Å². The van der Waals surface area contributed by atoms with Crippen LogP contribution in [0.1, 0.15) is 39.9 Å². The molecule has 0 saturated heterocycles. The van der Waals surface area contributed by atoms with E-state index in [-0.39, 0.29) is 10.9 Å². The number of halogens is 1. The maximum Gasteiger partial charge on any atom is 0.293 e. The van der Waals surface area contributed by atoms with Crippen molar-refractivity contribution in [2.45, 2.75) is 26.2 Å². The van der Waals surface area contributed by atoms with Crippen LogP contribution in [0.2, 0.25) is 5.02 Å². The SMILES string of the molecule is C[C@@H]1CCc2c(sc(NC(=S)NC(=O)c3ccc(-c4ccc(Cl)cc4)o3)c2C#N)C1. The van der Waals surface area contributed by atoms with Gasteiger partial charge in [-0.05, 0) is 79.4 Å². The summed E-state index contributed by atoms with van der Waals surface area (Å²) in [5.74, 6) is 0.851. The van der Waals surface area contributed by atoms with Gasteiger partial charge in [-0.2, -0.15) is 5.26 Å². The molecule has 0 aliphatic heterocycles. The number of benzene rings is 1. The highest BCUT2D eigenvalue weighted by Gasteiger charge is 2.24. The molecule has 5 nitrogen and oxygen atoms in total. The number of thiophene rings is 1. The molecule has 0 bridgehead atoms. The molecule has 1 atom stereocenters. The van der Waals surface area contributed by atoms with E-state index >= 15 is 0 Å². The van der Waals surface area contributed by atoms with Crippen LogP contribution in [-0.4, -0.2) is 11.0 Å². The highest BCUT2D eigenvalue weighted by atomic mass is 35.5. The molecule has 0 fully saturated rings. The first-order valence-corrected chi connectivity index (χ1v) is 11.1. The van der Waals surface area contributed by atoms with Crippen LogP contribution >= 0.6 is 35.2 Å². The molecule has 8 heteroatoms. The first-order chi connectivity index (χ1) is 14.4. The molecular formula is C22H18ClN3O2S2. The van der Waals surface area contributed by atoms with Crippen LogP contribution in [0.3, 0.4) is 0 Å². The minimum absolute atomic E-state index is 0.132. The summed E-state index contributed by atoms with van der Waals surface area (Å²) in [6, 6.07) is 12.7. The van der Waals surface area contributed by atoms with E-state index in [9.17, 15) is 10.1 Å². The zero-order chi connectivity index (χ0) is 21.3. The van der Waals surface area contributed by atoms with Crippen molar-refractivity contribution in [3.63, 3.8) is 0 Å². The summed E-state index contributed by atoms with van der Waals surface area (Å²) >= 11 is 12.7. The van der Waals surface area contributed by atoms with Crippen molar-refractivity contribution in [3.8, 4) is 17.4 Å². The summed E-state index contributed by atoms with van der Waals surface area (Å²) in [7, 11) is 0. The fraction of sp³-hybridized carbons (Fsp3) is 0.227. The number of hydrogen-bond donors (Lipinski definition) is 2. The van der Waals surface area contributed by atoms with Gasteiger partial charge < -0.3 is 9.73 Å². The summed E-state index contributed by atoms with van der Waals surface area (Å²) in [6.45, 7) is 2.22. The molecule has 0 spiro atoms. The summed E-state index contributed by atoms with van der Waals surface area (Å²) in [5.41, 5.74) is 2.55. The number of fused-ring (bicyclic) bond motifs is 1. The molecule has 0 unspecified atom stereocenters. The van der Waals surface area contributed by atoms with Gasteiger partial charge >= 0.3 is 0 Å². The number of amides is 1. The monoisotopic (exact) mass is 455 g/mol. The molecule has 0 saturated carbocycles. The largest absolute Gasteiger partial charge is 0.451 e. The lowest BCUT2D eigenvalue weighted by Crippen LogP contribution is -2.33. The summed E-state index contributed by atoms with van der Waals surface area (Å²) in [6.07, 6.45) is 2.94. The average Bonchev–Trinajstić information content (AvgIpc) is 3.32. The zero-order valence-corrected chi connectivity index (χ0v) is 18.5. The van der Waals surface area contributed by atoms with E-state index in [1.807, 2.05) is 12.1 Å². The lowest BCUT2D eigenvalue weighted by molar-refractivity contribution is 0.0951. The second-order valence-electron chi connectivity index (χ2n) is 7.25. The van der Waals surface area contributed by atoms with Crippen LogP contribution in [-0.2, 0) is 12.8 Å². The minimum atomic E-state index is -0.457. The Morgan fingerprint density at radius 1 is 1.30 bits per heavy atom. The zero-order valence-electron chi connectivity index (χ0n) is 16.1. The van der Waals surface area contributed by atoms with Crippen LogP contribution in [0.25, 0.3) is 11.3 Å². The lowest BCUT2D eigenvalue weighted by atomic mass is 9.89. The molecule has 1 aliphatic carbocycles. The number of nitriles is 1.